The minimum Gasteiger partial charge on any atom is -0.497 e. The van der Waals surface area contributed by atoms with E-state index in [-0.39, 0.29) is 0 Å². The maximum atomic E-state index is 5.29. The van der Waals surface area contributed by atoms with Crippen LogP contribution in [0.3, 0.4) is 0 Å². The molecule has 3 aromatic rings. The molecular formula is C16H16N4OS. The summed E-state index contributed by atoms with van der Waals surface area (Å²) in [5.74, 6) is 1.59. The molecule has 0 aliphatic heterocycles. The third-order valence-electron chi connectivity index (χ3n) is 3.28. The van der Waals surface area contributed by atoms with Gasteiger partial charge >= 0.3 is 0 Å². The number of aromatic nitrogens is 3. The van der Waals surface area contributed by atoms with Crippen LogP contribution in [0.5, 0.6) is 5.75 Å². The van der Waals surface area contributed by atoms with Crippen LogP contribution in [0.1, 0.15) is 5.56 Å². The molecule has 0 unspecified atom stereocenters. The van der Waals surface area contributed by atoms with Gasteiger partial charge in [0, 0.05) is 5.56 Å². The standard InChI is InChI=1S/C16H16N4OS/c1-21-14-9-5-6-12(10-14)11-17-20-15(18-19-16(20)22)13-7-3-2-4-8-13/h2-10,17H,11H2,1H3,(H,19,22). The first-order valence-corrected chi connectivity index (χ1v) is 7.28. The molecule has 0 spiro atoms. The summed E-state index contributed by atoms with van der Waals surface area (Å²) in [5.41, 5.74) is 5.38. The Morgan fingerprint density at radius 3 is 2.77 bits per heavy atom. The second-order valence-electron chi connectivity index (χ2n) is 4.74. The number of H-pyrrole nitrogens is 1. The maximum absolute atomic E-state index is 5.29. The quantitative estimate of drug-likeness (QED) is 0.709. The molecule has 0 fully saturated rings. The zero-order chi connectivity index (χ0) is 15.4. The van der Waals surface area contributed by atoms with Crippen molar-refractivity contribution in [3.8, 4) is 17.1 Å². The molecule has 2 aromatic carbocycles. The molecule has 0 saturated carbocycles. The van der Waals surface area contributed by atoms with E-state index in [1.807, 2.05) is 54.6 Å². The van der Waals surface area contributed by atoms with Gasteiger partial charge in [-0.1, -0.05) is 42.5 Å². The van der Waals surface area contributed by atoms with Crippen molar-refractivity contribution in [1.82, 2.24) is 14.9 Å². The molecule has 0 bridgehead atoms. The van der Waals surface area contributed by atoms with Gasteiger partial charge in [-0.25, -0.2) is 9.77 Å². The van der Waals surface area contributed by atoms with Crippen molar-refractivity contribution < 1.29 is 4.74 Å². The second kappa shape index (κ2) is 6.44. The zero-order valence-electron chi connectivity index (χ0n) is 12.1. The van der Waals surface area contributed by atoms with Gasteiger partial charge in [0.2, 0.25) is 4.77 Å². The van der Waals surface area contributed by atoms with Crippen LogP contribution in [0, 0.1) is 4.77 Å². The van der Waals surface area contributed by atoms with Gasteiger partial charge in [-0.3, -0.25) is 0 Å². The lowest BCUT2D eigenvalue weighted by molar-refractivity contribution is 0.414. The van der Waals surface area contributed by atoms with Crippen LogP contribution in [-0.2, 0) is 6.54 Å². The van der Waals surface area contributed by atoms with E-state index >= 15 is 0 Å². The largest absolute Gasteiger partial charge is 0.497 e. The summed E-state index contributed by atoms with van der Waals surface area (Å²) in [4.78, 5) is 0. The van der Waals surface area contributed by atoms with Crippen LogP contribution in [0.25, 0.3) is 11.4 Å². The first-order valence-electron chi connectivity index (χ1n) is 6.87. The number of nitrogens with one attached hydrogen (secondary N) is 2. The van der Waals surface area contributed by atoms with E-state index < -0.39 is 0 Å². The molecule has 0 atom stereocenters. The number of methoxy groups -OCH3 is 1. The Labute approximate surface area is 133 Å². The predicted octanol–water partition coefficient (Wildman–Crippen LogP) is 3.36. The third-order valence-corrected chi connectivity index (χ3v) is 3.55. The highest BCUT2D eigenvalue weighted by molar-refractivity contribution is 7.71. The number of hydrogen-bond donors (Lipinski definition) is 2. The molecule has 0 saturated heterocycles. The van der Waals surface area contributed by atoms with Gasteiger partial charge in [0.25, 0.3) is 0 Å². The fourth-order valence-electron chi connectivity index (χ4n) is 2.18. The molecule has 0 amide bonds. The Kier molecular flexibility index (Phi) is 4.20. The monoisotopic (exact) mass is 312 g/mol. The molecule has 22 heavy (non-hydrogen) atoms. The van der Waals surface area contributed by atoms with Crippen molar-refractivity contribution in [3.63, 3.8) is 0 Å². The Balaban J connectivity index is 1.84. The summed E-state index contributed by atoms with van der Waals surface area (Å²) >= 11 is 5.29. The van der Waals surface area contributed by atoms with Crippen LogP contribution < -0.4 is 10.2 Å². The lowest BCUT2D eigenvalue weighted by Gasteiger charge is -2.11. The molecule has 1 aromatic heterocycles. The van der Waals surface area contributed by atoms with E-state index in [4.69, 9.17) is 17.0 Å². The predicted molar refractivity (Wildman–Crippen MR) is 88.9 cm³/mol. The second-order valence-corrected chi connectivity index (χ2v) is 5.13. The fraction of sp³-hybridized carbons (Fsp3) is 0.125. The number of benzene rings is 2. The smallest absolute Gasteiger partial charge is 0.214 e. The number of aromatic amines is 1. The van der Waals surface area contributed by atoms with Crippen LogP contribution in [0.4, 0.5) is 0 Å². The molecule has 6 heteroatoms. The normalized spacial score (nSPS) is 10.4. The van der Waals surface area contributed by atoms with Crippen molar-refractivity contribution in [2.75, 3.05) is 12.5 Å². The van der Waals surface area contributed by atoms with Crippen molar-refractivity contribution >= 4 is 12.2 Å². The maximum Gasteiger partial charge on any atom is 0.214 e. The van der Waals surface area contributed by atoms with Crippen LogP contribution in [0.2, 0.25) is 0 Å². The van der Waals surface area contributed by atoms with E-state index in [0.29, 0.717) is 11.3 Å². The van der Waals surface area contributed by atoms with Gasteiger partial charge in [0.1, 0.15) is 5.75 Å². The molecule has 5 nitrogen and oxygen atoms in total. The number of nitrogens with zero attached hydrogens (tertiary/aromatic N) is 2. The zero-order valence-corrected chi connectivity index (χ0v) is 12.9. The van der Waals surface area contributed by atoms with E-state index in [1.54, 1.807) is 11.8 Å². The van der Waals surface area contributed by atoms with Gasteiger partial charge in [-0.2, -0.15) is 5.10 Å². The van der Waals surface area contributed by atoms with Gasteiger partial charge in [-0.05, 0) is 29.9 Å². The Morgan fingerprint density at radius 2 is 2.00 bits per heavy atom. The number of rotatable bonds is 5. The van der Waals surface area contributed by atoms with Crippen LogP contribution >= 0.6 is 12.2 Å². The molecule has 1 heterocycles. The van der Waals surface area contributed by atoms with E-state index in [0.717, 1.165) is 22.7 Å². The SMILES string of the molecule is COc1cccc(CNn2c(-c3ccccc3)n[nH]c2=S)c1. The minimum absolute atomic E-state index is 0.529. The fourth-order valence-corrected chi connectivity index (χ4v) is 2.37. The Morgan fingerprint density at radius 1 is 1.18 bits per heavy atom. The van der Waals surface area contributed by atoms with Crippen LogP contribution in [-0.4, -0.2) is 22.0 Å². The average molecular weight is 312 g/mol. The van der Waals surface area contributed by atoms with Crippen LogP contribution in [0.15, 0.2) is 54.6 Å². The highest BCUT2D eigenvalue weighted by Crippen LogP contribution is 2.16. The van der Waals surface area contributed by atoms with E-state index in [1.165, 1.54) is 0 Å². The van der Waals surface area contributed by atoms with E-state index in [9.17, 15) is 0 Å². The minimum atomic E-state index is 0.529. The van der Waals surface area contributed by atoms with Gasteiger partial charge < -0.3 is 10.2 Å². The lowest BCUT2D eigenvalue weighted by atomic mass is 10.2. The lowest BCUT2D eigenvalue weighted by Crippen LogP contribution is -2.15. The summed E-state index contributed by atoms with van der Waals surface area (Å²) in [7, 11) is 1.66. The topological polar surface area (TPSA) is 54.9 Å². The van der Waals surface area contributed by atoms with Crippen molar-refractivity contribution in [1.29, 1.82) is 0 Å². The van der Waals surface area contributed by atoms with Crippen molar-refractivity contribution in [3.05, 3.63) is 64.9 Å². The molecule has 0 aliphatic carbocycles. The first kappa shape index (κ1) is 14.3. The van der Waals surface area contributed by atoms with E-state index in [2.05, 4.69) is 15.6 Å². The summed E-state index contributed by atoms with van der Waals surface area (Å²) in [5, 5.41) is 7.11. The average Bonchev–Trinajstić information content (AvgIpc) is 2.95. The first-order chi connectivity index (χ1) is 10.8. The molecule has 3 rings (SSSR count). The molecule has 112 valence electrons. The number of hydrogen-bond acceptors (Lipinski definition) is 4. The Hall–Kier alpha value is -2.60. The Bertz CT molecular complexity index is 810. The van der Waals surface area contributed by atoms with Gasteiger partial charge in [0.05, 0.1) is 13.7 Å². The van der Waals surface area contributed by atoms with Crippen molar-refractivity contribution in [2.45, 2.75) is 6.54 Å². The van der Waals surface area contributed by atoms with Gasteiger partial charge in [0.15, 0.2) is 5.82 Å². The van der Waals surface area contributed by atoms with Crippen molar-refractivity contribution in [2.24, 2.45) is 0 Å². The molecule has 2 N–H and O–H groups in total. The molecule has 0 aliphatic rings. The highest BCUT2D eigenvalue weighted by atomic mass is 32.1. The van der Waals surface area contributed by atoms with Gasteiger partial charge in [-0.15, -0.1) is 0 Å². The summed E-state index contributed by atoms with van der Waals surface area (Å²) in [6, 6.07) is 17.8. The summed E-state index contributed by atoms with van der Waals surface area (Å²) in [6.07, 6.45) is 0. The summed E-state index contributed by atoms with van der Waals surface area (Å²) < 4.78 is 7.55. The summed E-state index contributed by atoms with van der Waals surface area (Å²) in [6.45, 7) is 0.616. The highest BCUT2D eigenvalue weighted by Gasteiger charge is 2.08. The third kappa shape index (κ3) is 3.01. The molecular weight excluding hydrogens is 296 g/mol. The molecule has 0 radical (unpaired) electrons. The number of ether oxygens (including phenoxy) is 1.